The second-order valence-electron chi connectivity index (χ2n) is 3.24. The van der Waals surface area contributed by atoms with Gasteiger partial charge in [0.15, 0.2) is 0 Å². The monoisotopic (exact) mass is 208 g/mol. The van der Waals surface area contributed by atoms with Gasteiger partial charge >= 0.3 is 0 Å². The lowest BCUT2D eigenvalue weighted by atomic mass is 9.98. The molecule has 0 aromatic heterocycles. The maximum atomic E-state index is 9.40. The van der Waals surface area contributed by atoms with Gasteiger partial charge < -0.3 is 20.4 Å². The van der Waals surface area contributed by atoms with Gasteiger partial charge in [0, 0.05) is 4.86 Å². The Morgan fingerprint density at radius 3 is 2.00 bits per heavy atom. The van der Waals surface area contributed by atoms with Crippen molar-refractivity contribution >= 4 is 17.1 Å². The van der Waals surface area contributed by atoms with Crippen LogP contribution in [-0.2, 0) is 0 Å². The summed E-state index contributed by atoms with van der Waals surface area (Å²) >= 11 is 4.84. The van der Waals surface area contributed by atoms with E-state index in [-0.39, 0.29) is 10.8 Å². The number of aliphatic hydroxyl groups excluding tert-OH is 4. The maximum Gasteiger partial charge on any atom is 0.114 e. The van der Waals surface area contributed by atoms with Gasteiger partial charge in [0.05, 0.1) is 6.61 Å². The first-order valence-electron chi connectivity index (χ1n) is 4.10. The molecule has 0 spiro atoms. The molecular weight excluding hydrogens is 192 g/mol. The first kappa shape index (κ1) is 12.9. The summed E-state index contributed by atoms with van der Waals surface area (Å²) in [6.45, 7) is 2.96. The summed E-state index contributed by atoms with van der Waals surface area (Å²) < 4.78 is 0. The van der Waals surface area contributed by atoms with Crippen molar-refractivity contribution in [2.75, 3.05) is 6.61 Å². The molecule has 0 fully saturated rings. The maximum absolute atomic E-state index is 9.40. The average Bonchev–Trinajstić information content (AvgIpc) is 2.12. The molecule has 4 nitrogen and oxygen atoms in total. The van der Waals surface area contributed by atoms with E-state index in [4.69, 9.17) is 22.4 Å². The Morgan fingerprint density at radius 2 is 1.69 bits per heavy atom. The predicted octanol–water partition coefficient (Wildman–Crippen LogP) is -0.913. The fourth-order valence-corrected chi connectivity index (χ4v) is 0.968. The first-order chi connectivity index (χ1) is 5.91. The van der Waals surface area contributed by atoms with Crippen LogP contribution in [0.5, 0.6) is 0 Å². The van der Waals surface area contributed by atoms with Crippen molar-refractivity contribution in [3.05, 3.63) is 0 Å². The van der Waals surface area contributed by atoms with Gasteiger partial charge in [-0.2, -0.15) is 0 Å². The topological polar surface area (TPSA) is 80.9 Å². The fraction of sp³-hybridized carbons (Fsp3) is 0.875. The molecule has 5 heteroatoms. The molecule has 0 heterocycles. The van der Waals surface area contributed by atoms with Gasteiger partial charge in [0.2, 0.25) is 0 Å². The molecule has 78 valence electrons. The molecule has 0 rings (SSSR count). The van der Waals surface area contributed by atoms with Crippen LogP contribution in [0.4, 0.5) is 0 Å². The molecule has 0 radical (unpaired) electrons. The second kappa shape index (κ2) is 5.62. The number of hydrogen-bond acceptors (Lipinski definition) is 5. The van der Waals surface area contributed by atoms with Gasteiger partial charge in [-0.3, -0.25) is 0 Å². The van der Waals surface area contributed by atoms with Crippen LogP contribution in [0.2, 0.25) is 0 Å². The summed E-state index contributed by atoms with van der Waals surface area (Å²) in [5.41, 5.74) is 0. The Bertz CT molecular complexity index is 172. The van der Waals surface area contributed by atoms with E-state index in [9.17, 15) is 10.2 Å². The zero-order valence-electron chi connectivity index (χ0n) is 7.71. The molecule has 0 aromatic rings. The predicted molar refractivity (Wildman–Crippen MR) is 52.5 cm³/mol. The SMILES string of the molecule is CC(C)C(=S)[C@H](O)[C@H](O)[C@H](O)CO. The molecule has 0 aliphatic rings. The minimum absolute atomic E-state index is 0.0504. The molecule has 0 aliphatic carbocycles. The molecule has 0 aliphatic heterocycles. The smallest absolute Gasteiger partial charge is 0.114 e. The van der Waals surface area contributed by atoms with Crippen LogP contribution < -0.4 is 0 Å². The van der Waals surface area contributed by atoms with E-state index in [2.05, 4.69) is 0 Å². The molecule has 0 bridgehead atoms. The van der Waals surface area contributed by atoms with Crippen LogP contribution in [0.25, 0.3) is 0 Å². The zero-order valence-corrected chi connectivity index (χ0v) is 8.53. The van der Waals surface area contributed by atoms with Crippen molar-refractivity contribution in [3.8, 4) is 0 Å². The first-order valence-corrected chi connectivity index (χ1v) is 4.51. The highest BCUT2D eigenvalue weighted by Gasteiger charge is 2.28. The summed E-state index contributed by atoms with van der Waals surface area (Å²) in [5, 5.41) is 36.2. The van der Waals surface area contributed by atoms with Crippen molar-refractivity contribution in [1.82, 2.24) is 0 Å². The lowest BCUT2D eigenvalue weighted by Gasteiger charge is -2.23. The quantitative estimate of drug-likeness (QED) is 0.440. The minimum Gasteiger partial charge on any atom is -0.394 e. The van der Waals surface area contributed by atoms with E-state index in [0.29, 0.717) is 0 Å². The van der Waals surface area contributed by atoms with Crippen molar-refractivity contribution in [2.45, 2.75) is 32.2 Å². The van der Waals surface area contributed by atoms with Crippen molar-refractivity contribution < 1.29 is 20.4 Å². The molecule has 0 saturated heterocycles. The van der Waals surface area contributed by atoms with Gasteiger partial charge in [-0.15, -0.1) is 0 Å². The Labute approximate surface area is 82.8 Å². The largest absolute Gasteiger partial charge is 0.394 e. The standard InChI is InChI=1S/C8H16O4S/c1-4(2)8(13)7(12)6(11)5(10)3-9/h4-7,9-12H,3H2,1-2H3/t5-,6-,7-/m1/s1. The number of rotatable bonds is 5. The summed E-state index contributed by atoms with van der Waals surface area (Å²) in [4.78, 5) is 0.278. The third kappa shape index (κ3) is 3.66. The molecule has 0 aromatic carbocycles. The summed E-state index contributed by atoms with van der Waals surface area (Å²) in [6.07, 6.45) is -4.04. The van der Waals surface area contributed by atoms with E-state index >= 15 is 0 Å². The normalized spacial score (nSPS) is 18.4. The van der Waals surface area contributed by atoms with Gasteiger partial charge in [0.1, 0.15) is 18.3 Å². The molecule has 0 unspecified atom stereocenters. The van der Waals surface area contributed by atoms with Crippen LogP contribution in [0.1, 0.15) is 13.8 Å². The van der Waals surface area contributed by atoms with E-state index in [1.54, 1.807) is 13.8 Å². The summed E-state index contributed by atoms with van der Waals surface area (Å²) in [6, 6.07) is 0. The van der Waals surface area contributed by atoms with Crippen LogP contribution in [0.15, 0.2) is 0 Å². The Morgan fingerprint density at radius 1 is 1.23 bits per heavy atom. The average molecular weight is 208 g/mol. The number of hydrogen-bond donors (Lipinski definition) is 4. The Balaban J connectivity index is 4.24. The highest BCUT2D eigenvalue weighted by atomic mass is 32.1. The summed E-state index contributed by atoms with van der Waals surface area (Å²) in [5.74, 6) is -0.0504. The molecule has 3 atom stereocenters. The van der Waals surface area contributed by atoms with Crippen molar-refractivity contribution in [2.24, 2.45) is 5.92 Å². The van der Waals surface area contributed by atoms with E-state index in [0.717, 1.165) is 0 Å². The lowest BCUT2D eigenvalue weighted by Crippen LogP contribution is -2.44. The summed E-state index contributed by atoms with van der Waals surface area (Å²) in [7, 11) is 0. The molecule has 13 heavy (non-hydrogen) atoms. The second-order valence-corrected chi connectivity index (χ2v) is 3.71. The van der Waals surface area contributed by atoms with Crippen LogP contribution in [0, 0.1) is 5.92 Å². The highest BCUT2D eigenvalue weighted by Crippen LogP contribution is 2.09. The molecular formula is C8H16O4S. The van der Waals surface area contributed by atoms with Crippen LogP contribution >= 0.6 is 12.2 Å². The highest BCUT2D eigenvalue weighted by molar-refractivity contribution is 7.80. The third-order valence-corrected chi connectivity index (χ3v) is 2.48. The van der Waals surface area contributed by atoms with Gasteiger partial charge in [-0.05, 0) is 5.92 Å². The Kier molecular flexibility index (Phi) is 5.59. The van der Waals surface area contributed by atoms with Crippen LogP contribution in [-0.4, -0.2) is 50.2 Å². The van der Waals surface area contributed by atoms with E-state index in [1.165, 1.54) is 0 Å². The molecule has 4 N–H and O–H groups in total. The van der Waals surface area contributed by atoms with Crippen molar-refractivity contribution in [1.29, 1.82) is 0 Å². The number of aliphatic hydroxyl groups is 4. The fourth-order valence-electron chi connectivity index (χ4n) is 0.828. The van der Waals surface area contributed by atoms with E-state index < -0.39 is 24.9 Å². The molecule has 0 saturated carbocycles. The Hall–Kier alpha value is -0.0700. The minimum atomic E-state index is -1.42. The van der Waals surface area contributed by atoms with Crippen LogP contribution in [0.3, 0.4) is 0 Å². The van der Waals surface area contributed by atoms with E-state index in [1.807, 2.05) is 0 Å². The lowest BCUT2D eigenvalue weighted by molar-refractivity contribution is -0.0556. The van der Waals surface area contributed by atoms with Gasteiger partial charge in [-0.1, -0.05) is 26.1 Å². The third-order valence-electron chi connectivity index (χ3n) is 1.77. The van der Waals surface area contributed by atoms with Gasteiger partial charge in [0.25, 0.3) is 0 Å². The molecule has 0 amide bonds. The zero-order chi connectivity index (χ0) is 10.6. The number of thiocarbonyl (C=S) groups is 1. The van der Waals surface area contributed by atoms with Crippen molar-refractivity contribution in [3.63, 3.8) is 0 Å². The van der Waals surface area contributed by atoms with Gasteiger partial charge in [-0.25, -0.2) is 0 Å².